The third-order valence-corrected chi connectivity index (χ3v) is 3.92. The summed E-state index contributed by atoms with van der Waals surface area (Å²) in [4.78, 5) is 4.96. The third-order valence-electron chi connectivity index (χ3n) is 3.92. The van der Waals surface area contributed by atoms with Gasteiger partial charge in [0, 0.05) is 45.0 Å². The average molecular weight is 247 g/mol. The molecule has 0 saturated carbocycles. The maximum absolute atomic E-state index is 6.02. The Bertz CT molecular complexity index is 416. The monoisotopic (exact) mass is 247 g/mol. The van der Waals surface area contributed by atoms with Gasteiger partial charge in [0.25, 0.3) is 0 Å². The van der Waals surface area contributed by atoms with Gasteiger partial charge in [-0.25, -0.2) is 0 Å². The number of nitrogen functional groups attached to an aromatic ring is 1. The van der Waals surface area contributed by atoms with Crippen molar-refractivity contribution in [3.63, 3.8) is 0 Å². The smallest absolute Gasteiger partial charge is 0.0594 e. The zero-order valence-corrected chi connectivity index (χ0v) is 10.8. The molecule has 0 radical (unpaired) electrons. The first-order chi connectivity index (χ1) is 8.83. The summed E-state index contributed by atoms with van der Waals surface area (Å²) in [5.41, 5.74) is 9.70. The minimum Gasteiger partial charge on any atom is -0.398 e. The van der Waals surface area contributed by atoms with E-state index in [2.05, 4.69) is 21.9 Å². The van der Waals surface area contributed by atoms with Crippen molar-refractivity contribution in [3.8, 4) is 0 Å². The van der Waals surface area contributed by atoms with Crippen LogP contribution >= 0.6 is 0 Å². The van der Waals surface area contributed by atoms with Crippen LogP contribution in [-0.4, -0.2) is 49.2 Å². The third kappa shape index (κ3) is 2.51. The maximum Gasteiger partial charge on any atom is 0.0594 e. The van der Waals surface area contributed by atoms with Crippen LogP contribution in [0.5, 0.6) is 0 Å². The summed E-state index contributed by atoms with van der Waals surface area (Å²) in [6.07, 6.45) is 0. The van der Waals surface area contributed by atoms with Gasteiger partial charge in [-0.2, -0.15) is 0 Å². The largest absolute Gasteiger partial charge is 0.398 e. The normalized spacial score (nSPS) is 21.1. The maximum atomic E-state index is 6.02. The van der Waals surface area contributed by atoms with Gasteiger partial charge in [0.2, 0.25) is 0 Å². The topological polar surface area (TPSA) is 41.7 Å². The molecule has 2 aliphatic rings. The Morgan fingerprint density at radius 2 is 1.83 bits per heavy atom. The Kier molecular flexibility index (Phi) is 3.50. The number of fused-ring (bicyclic) bond motifs is 1. The number of nitrogens with zero attached hydrogens (tertiary/aromatic N) is 2. The van der Waals surface area contributed by atoms with E-state index < -0.39 is 0 Å². The predicted molar refractivity (Wildman–Crippen MR) is 72.2 cm³/mol. The molecular weight excluding hydrogens is 226 g/mol. The molecule has 4 nitrogen and oxygen atoms in total. The van der Waals surface area contributed by atoms with Crippen LogP contribution in [0.15, 0.2) is 18.2 Å². The molecule has 3 rings (SSSR count). The van der Waals surface area contributed by atoms with Crippen LogP contribution in [-0.2, 0) is 17.8 Å². The molecule has 0 aromatic heterocycles. The van der Waals surface area contributed by atoms with E-state index in [9.17, 15) is 0 Å². The highest BCUT2D eigenvalue weighted by Crippen LogP contribution is 2.26. The zero-order chi connectivity index (χ0) is 12.4. The number of hydrogen-bond acceptors (Lipinski definition) is 4. The molecule has 0 amide bonds. The number of rotatable bonds is 3. The molecule has 0 atom stereocenters. The van der Waals surface area contributed by atoms with E-state index in [4.69, 9.17) is 10.5 Å². The molecule has 0 aliphatic carbocycles. The van der Waals surface area contributed by atoms with Crippen molar-refractivity contribution in [1.82, 2.24) is 9.80 Å². The predicted octanol–water partition coefficient (Wildman–Crippen LogP) is 0.917. The van der Waals surface area contributed by atoms with Gasteiger partial charge in [-0.15, -0.1) is 0 Å². The molecule has 1 aromatic carbocycles. The van der Waals surface area contributed by atoms with E-state index >= 15 is 0 Å². The summed E-state index contributed by atoms with van der Waals surface area (Å²) in [6.45, 7) is 8.22. The van der Waals surface area contributed by atoms with Gasteiger partial charge in [0.15, 0.2) is 0 Å². The van der Waals surface area contributed by atoms with E-state index in [1.165, 1.54) is 11.1 Å². The molecule has 98 valence electrons. The summed E-state index contributed by atoms with van der Waals surface area (Å²) >= 11 is 0. The van der Waals surface area contributed by atoms with Gasteiger partial charge >= 0.3 is 0 Å². The molecule has 1 aromatic rings. The van der Waals surface area contributed by atoms with Crippen molar-refractivity contribution in [3.05, 3.63) is 29.3 Å². The number of benzene rings is 1. The van der Waals surface area contributed by atoms with Gasteiger partial charge < -0.3 is 10.5 Å². The number of anilines is 1. The fourth-order valence-corrected chi connectivity index (χ4v) is 2.78. The fraction of sp³-hybridized carbons (Fsp3) is 0.571. The fourth-order valence-electron chi connectivity index (χ4n) is 2.78. The van der Waals surface area contributed by atoms with Crippen LogP contribution in [0.25, 0.3) is 0 Å². The Labute approximate surface area is 108 Å². The first-order valence-electron chi connectivity index (χ1n) is 6.71. The Balaban J connectivity index is 1.53. The number of nitrogens with two attached hydrogens (primary N) is 1. The van der Waals surface area contributed by atoms with Crippen molar-refractivity contribution in [2.24, 2.45) is 0 Å². The highest BCUT2D eigenvalue weighted by atomic mass is 16.5. The van der Waals surface area contributed by atoms with Gasteiger partial charge in [-0.3, -0.25) is 9.80 Å². The second kappa shape index (κ2) is 5.26. The van der Waals surface area contributed by atoms with Gasteiger partial charge in [0.05, 0.1) is 13.2 Å². The van der Waals surface area contributed by atoms with Crippen molar-refractivity contribution in [2.75, 3.05) is 45.1 Å². The summed E-state index contributed by atoms with van der Waals surface area (Å²) in [5, 5.41) is 0. The van der Waals surface area contributed by atoms with E-state index in [1.54, 1.807) is 0 Å². The number of morpholine rings is 1. The second-order valence-electron chi connectivity index (χ2n) is 5.15. The van der Waals surface area contributed by atoms with Crippen LogP contribution in [0, 0.1) is 0 Å². The Hall–Kier alpha value is -1.10. The zero-order valence-electron chi connectivity index (χ0n) is 10.8. The summed E-state index contributed by atoms with van der Waals surface area (Å²) < 4.78 is 5.37. The van der Waals surface area contributed by atoms with Crippen LogP contribution < -0.4 is 5.73 Å². The van der Waals surface area contributed by atoms with E-state index in [0.29, 0.717) is 0 Å². The molecule has 0 unspecified atom stereocenters. The molecule has 1 saturated heterocycles. The van der Waals surface area contributed by atoms with Crippen LogP contribution in [0.2, 0.25) is 0 Å². The molecule has 0 bridgehead atoms. The van der Waals surface area contributed by atoms with E-state index in [1.807, 2.05) is 6.07 Å². The van der Waals surface area contributed by atoms with Crippen molar-refractivity contribution >= 4 is 5.69 Å². The van der Waals surface area contributed by atoms with Gasteiger partial charge in [0.1, 0.15) is 0 Å². The van der Waals surface area contributed by atoms with Crippen LogP contribution in [0.4, 0.5) is 5.69 Å². The quantitative estimate of drug-likeness (QED) is 0.806. The summed E-state index contributed by atoms with van der Waals surface area (Å²) in [5.74, 6) is 0. The highest BCUT2D eigenvalue weighted by molar-refractivity contribution is 5.52. The molecule has 4 heteroatoms. The van der Waals surface area contributed by atoms with Crippen molar-refractivity contribution in [2.45, 2.75) is 13.1 Å². The summed E-state index contributed by atoms with van der Waals surface area (Å²) in [6, 6.07) is 6.25. The molecule has 1 fully saturated rings. The Morgan fingerprint density at radius 3 is 2.61 bits per heavy atom. The SMILES string of the molecule is Nc1cccc2c1CN(CCN1CCOCC1)C2. The minimum atomic E-state index is 0.882. The lowest BCUT2D eigenvalue weighted by Crippen LogP contribution is -2.40. The van der Waals surface area contributed by atoms with Crippen LogP contribution in [0.1, 0.15) is 11.1 Å². The lowest BCUT2D eigenvalue weighted by Gasteiger charge is -2.28. The lowest BCUT2D eigenvalue weighted by molar-refractivity contribution is 0.0331. The van der Waals surface area contributed by atoms with Gasteiger partial charge in [-0.05, 0) is 17.2 Å². The first kappa shape index (κ1) is 12.0. The highest BCUT2D eigenvalue weighted by Gasteiger charge is 2.21. The first-order valence-corrected chi connectivity index (χ1v) is 6.71. The minimum absolute atomic E-state index is 0.882. The van der Waals surface area contributed by atoms with E-state index in [0.717, 1.165) is 58.2 Å². The summed E-state index contributed by atoms with van der Waals surface area (Å²) in [7, 11) is 0. The molecule has 2 N–H and O–H groups in total. The molecule has 2 aliphatic heterocycles. The van der Waals surface area contributed by atoms with Crippen molar-refractivity contribution in [1.29, 1.82) is 0 Å². The molecule has 18 heavy (non-hydrogen) atoms. The Morgan fingerprint density at radius 1 is 1.06 bits per heavy atom. The van der Waals surface area contributed by atoms with Crippen LogP contribution in [0.3, 0.4) is 0 Å². The number of hydrogen-bond donors (Lipinski definition) is 1. The van der Waals surface area contributed by atoms with Gasteiger partial charge in [-0.1, -0.05) is 12.1 Å². The molecule has 0 spiro atoms. The second-order valence-corrected chi connectivity index (χ2v) is 5.15. The lowest BCUT2D eigenvalue weighted by atomic mass is 10.1. The number of ether oxygens (including phenoxy) is 1. The average Bonchev–Trinajstić information content (AvgIpc) is 2.82. The molecular formula is C14H21N3O. The standard InChI is InChI=1S/C14H21N3O/c15-14-3-1-2-12-10-17(11-13(12)14)5-4-16-6-8-18-9-7-16/h1-3H,4-11,15H2. The van der Waals surface area contributed by atoms with Crippen molar-refractivity contribution < 1.29 is 4.74 Å². The van der Waals surface area contributed by atoms with E-state index in [-0.39, 0.29) is 0 Å². The molecule has 2 heterocycles.